The average Bonchev–Trinajstić information content (AvgIpc) is 2.53. The Hall–Kier alpha value is -2.50. The maximum atomic E-state index is 12.7. The van der Waals surface area contributed by atoms with Crippen LogP contribution >= 0.6 is 0 Å². The number of hydrogen-bond acceptors (Lipinski definition) is 4. The van der Waals surface area contributed by atoms with Crippen molar-refractivity contribution in [2.75, 3.05) is 0 Å². The molecule has 1 aliphatic rings. The van der Waals surface area contributed by atoms with Gasteiger partial charge in [-0.1, -0.05) is 25.1 Å². The van der Waals surface area contributed by atoms with Gasteiger partial charge in [-0.15, -0.1) is 0 Å². The molecule has 136 valence electrons. The van der Waals surface area contributed by atoms with Crippen LogP contribution in [0.1, 0.15) is 52.6 Å². The Balaban J connectivity index is 2.45. The lowest BCUT2D eigenvalue weighted by Crippen LogP contribution is -2.45. The van der Waals surface area contributed by atoms with Gasteiger partial charge in [0.2, 0.25) is 0 Å². The second kappa shape index (κ2) is 8.05. The Kier molecular flexibility index (Phi) is 6.07. The van der Waals surface area contributed by atoms with Gasteiger partial charge in [0.1, 0.15) is 5.75 Å². The van der Waals surface area contributed by atoms with Crippen molar-refractivity contribution in [2.24, 2.45) is 0 Å². The molecular weight excluding hydrogens is 320 g/mol. The molecule has 0 unspecified atom stereocenters. The van der Waals surface area contributed by atoms with Crippen LogP contribution < -0.4 is 15.4 Å². The SMILES string of the molecule is CC[C@H](C)OC(=O)C1=C(C)NC(=O)N[C@@H]1c1ccccc1OC(C)C. The number of hydrogen-bond donors (Lipinski definition) is 2. The van der Waals surface area contributed by atoms with Gasteiger partial charge in [0.15, 0.2) is 0 Å². The Morgan fingerprint density at radius 2 is 1.92 bits per heavy atom. The highest BCUT2D eigenvalue weighted by Crippen LogP contribution is 2.34. The van der Waals surface area contributed by atoms with Crippen molar-refractivity contribution in [3.63, 3.8) is 0 Å². The van der Waals surface area contributed by atoms with E-state index < -0.39 is 12.0 Å². The molecule has 1 aliphatic heterocycles. The minimum Gasteiger partial charge on any atom is -0.491 e. The molecule has 2 amide bonds. The molecule has 2 rings (SSSR count). The zero-order valence-electron chi connectivity index (χ0n) is 15.4. The van der Waals surface area contributed by atoms with Crippen molar-refractivity contribution >= 4 is 12.0 Å². The van der Waals surface area contributed by atoms with E-state index in [1.165, 1.54) is 0 Å². The fraction of sp³-hybridized carbons (Fsp3) is 0.474. The molecule has 1 aromatic rings. The third kappa shape index (κ3) is 4.53. The van der Waals surface area contributed by atoms with Gasteiger partial charge in [-0.25, -0.2) is 9.59 Å². The molecule has 0 spiro atoms. The first-order chi connectivity index (χ1) is 11.8. The lowest BCUT2D eigenvalue weighted by atomic mass is 9.94. The number of allylic oxidation sites excluding steroid dienone is 1. The van der Waals surface area contributed by atoms with Gasteiger partial charge in [0, 0.05) is 11.3 Å². The van der Waals surface area contributed by atoms with Crippen molar-refractivity contribution in [1.29, 1.82) is 0 Å². The molecular formula is C19H26N2O4. The van der Waals surface area contributed by atoms with Crippen LogP contribution in [0.2, 0.25) is 0 Å². The van der Waals surface area contributed by atoms with Crippen molar-refractivity contribution < 1.29 is 19.1 Å². The number of rotatable bonds is 6. The zero-order chi connectivity index (χ0) is 18.6. The highest BCUT2D eigenvalue weighted by atomic mass is 16.5. The first-order valence-electron chi connectivity index (χ1n) is 8.58. The van der Waals surface area contributed by atoms with Crippen molar-refractivity contribution in [3.05, 3.63) is 41.1 Å². The predicted molar refractivity (Wildman–Crippen MR) is 95.2 cm³/mol. The molecule has 0 fully saturated rings. The molecule has 0 saturated heterocycles. The van der Waals surface area contributed by atoms with Crippen LogP contribution in [0.5, 0.6) is 5.75 Å². The van der Waals surface area contributed by atoms with E-state index in [1.54, 1.807) is 6.92 Å². The summed E-state index contributed by atoms with van der Waals surface area (Å²) >= 11 is 0. The number of carbonyl (C=O) groups excluding carboxylic acids is 2. The van der Waals surface area contributed by atoms with Crippen LogP contribution in [0.4, 0.5) is 4.79 Å². The lowest BCUT2D eigenvalue weighted by Gasteiger charge is -2.30. The van der Waals surface area contributed by atoms with E-state index in [0.29, 0.717) is 17.0 Å². The van der Waals surface area contributed by atoms with Crippen LogP contribution in [0.3, 0.4) is 0 Å². The predicted octanol–water partition coefficient (Wildman–Crippen LogP) is 3.44. The van der Waals surface area contributed by atoms with Crippen LogP contribution in [-0.2, 0) is 9.53 Å². The highest BCUT2D eigenvalue weighted by molar-refractivity contribution is 5.95. The van der Waals surface area contributed by atoms with Crippen LogP contribution in [0.25, 0.3) is 0 Å². The number of benzene rings is 1. The summed E-state index contributed by atoms with van der Waals surface area (Å²) in [5.41, 5.74) is 1.60. The summed E-state index contributed by atoms with van der Waals surface area (Å²) in [4.78, 5) is 24.7. The number of nitrogens with one attached hydrogen (secondary N) is 2. The number of urea groups is 1. The van der Waals surface area contributed by atoms with E-state index in [-0.39, 0.29) is 18.2 Å². The third-order valence-electron chi connectivity index (χ3n) is 3.96. The summed E-state index contributed by atoms with van der Waals surface area (Å²) in [6.07, 6.45) is 0.489. The van der Waals surface area contributed by atoms with E-state index in [0.717, 1.165) is 12.0 Å². The molecule has 0 saturated carbocycles. The molecule has 0 aliphatic carbocycles. The van der Waals surface area contributed by atoms with E-state index in [4.69, 9.17) is 9.47 Å². The number of amides is 2. The van der Waals surface area contributed by atoms with E-state index >= 15 is 0 Å². The second-order valence-electron chi connectivity index (χ2n) is 6.40. The van der Waals surface area contributed by atoms with Crippen LogP contribution in [-0.4, -0.2) is 24.2 Å². The quantitative estimate of drug-likeness (QED) is 0.774. The summed E-state index contributed by atoms with van der Waals surface area (Å²) in [5, 5.41) is 5.46. The third-order valence-corrected chi connectivity index (χ3v) is 3.96. The monoisotopic (exact) mass is 346 g/mol. The number of carbonyl (C=O) groups is 2. The minimum atomic E-state index is -0.625. The Labute approximate surface area is 148 Å². The van der Waals surface area contributed by atoms with E-state index in [2.05, 4.69) is 10.6 Å². The Morgan fingerprint density at radius 3 is 2.56 bits per heavy atom. The van der Waals surface area contributed by atoms with Crippen molar-refractivity contribution in [1.82, 2.24) is 10.6 Å². The Bertz CT molecular complexity index is 682. The fourth-order valence-corrected chi connectivity index (χ4v) is 2.61. The van der Waals surface area contributed by atoms with Gasteiger partial charge in [-0.05, 0) is 40.2 Å². The molecule has 25 heavy (non-hydrogen) atoms. The highest BCUT2D eigenvalue weighted by Gasteiger charge is 2.34. The van der Waals surface area contributed by atoms with Gasteiger partial charge in [0.25, 0.3) is 0 Å². The number of para-hydroxylation sites is 1. The van der Waals surface area contributed by atoms with Crippen LogP contribution in [0.15, 0.2) is 35.5 Å². The summed E-state index contributed by atoms with van der Waals surface area (Å²) in [5.74, 6) is 0.190. The molecule has 6 heteroatoms. The summed E-state index contributed by atoms with van der Waals surface area (Å²) in [7, 11) is 0. The summed E-state index contributed by atoms with van der Waals surface area (Å²) in [6.45, 7) is 9.34. The van der Waals surface area contributed by atoms with E-state index in [1.807, 2.05) is 52.0 Å². The Morgan fingerprint density at radius 1 is 1.24 bits per heavy atom. The van der Waals surface area contributed by atoms with Gasteiger partial charge < -0.3 is 20.1 Å². The topological polar surface area (TPSA) is 76.7 Å². The second-order valence-corrected chi connectivity index (χ2v) is 6.40. The van der Waals surface area contributed by atoms with Gasteiger partial charge in [-0.3, -0.25) is 0 Å². The molecule has 0 aromatic heterocycles. The molecule has 0 bridgehead atoms. The minimum absolute atomic E-state index is 0.0286. The molecule has 0 radical (unpaired) electrons. The average molecular weight is 346 g/mol. The molecule has 1 aromatic carbocycles. The van der Waals surface area contributed by atoms with E-state index in [9.17, 15) is 9.59 Å². The fourth-order valence-electron chi connectivity index (χ4n) is 2.61. The molecule has 2 atom stereocenters. The maximum absolute atomic E-state index is 12.7. The normalized spacial score (nSPS) is 18.5. The first-order valence-corrected chi connectivity index (χ1v) is 8.58. The first kappa shape index (κ1) is 18.8. The number of ether oxygens (including phenoxy) is 2. The smallest absolute Gasteiger partial charge is 0.338 e. The molecule has 1 heterocycles. The van der Waals surface area contributed by atoms with Gasteiger partial charge in [0.05, 0.1) is 23.8 Å². The zero-order valence-corrected chi connectivity index (χ0v) is 15.4. The summed E-state index contributed by atoms with van der Waals surface area (Å²) in [6, 6.07) is 6.40. The van der Waals surface area contributed by atoms with Gasteiger partial charge >= 0.3 is 12.0 Å². The van der Waals surface area contributed by atoms with Gasteiger partial charge in [-0.2, -0.15) is 0 Å². The van der Waals surface area contributed by atoms with Crippen LogP contribution in [0, 0.1) is 0 Å². The van der Waals surface area contributed by atoms with Crippen molar-refractivity contribution in [2.45, 2.75) is 59.3 Å². The maximum Gasteiger partial charge on any atom is 0.338 e. The number of esters is 1. The molecule has 6 nitrogen and oxygen atoms in total. The van der Waals surface area contributed by atoms with Crippen molar-refractivity contribution in [3.8, 4) is 5.75 Å². The largest absolute Gasteiger partial charge is 0.491 e. The molecule has 2 N–H and O–H groups in total. The summed E-state index contributed by atoms with van der Waals surface area (Å²) < 4.78 is 11.3. The lowest BCUT2D eigenvalue weighted by molar-refractivity contribution is -0.144. The standard InChI is InChI=1S/C19H26N2O4/c1-6-12(4)25-18(22)16-13(5)20-19(23)21-17(16)14-9-7-8-10-15(14)24-11(2)3/h7-12,17H,6H2,1-5H3,(H2,20,21,23)/t12-,17+/m0/s1.